The van der Waals surface area contributed by atoms with Crippen LogP contribution in [0.25, 0.3) is 0 Å². The van der Waals surface area contributed by atoms with Gasteiger partial charge in [-0.05, 0) is 50.0 Å². The van der Waals surface area contributed by atoms with E-state index in [9.17, 15) is 9.59 Å². The Kier molecular flexibility index (Phi) is 4.96. The molecular weight excluding hydrogens is 270 g/mol. The van der Waals surface area contributed by atoms with E-state index in [1.807, 2.05) is 0 Å². The Morgan fingerprint density at radius 2 is 2.00 bits per heavy atom. The lowest BCUT2D eigenvalue weighted by atomic mass is 9.98. The summed E-state index contributed by atoms with van der Waals surface area (Å²) in [5.74, 6) is -0.000364. The number of carboxylic acid groups (broad SMARTS) is 1. The van der Waals surface area contributed by atoms with Crippen LogP contribution in [0, 0.1) is 5.92 Å². The highest BCUT2D eigenvalue weighted by Crippen LogP contribution is 2.22. The Bertz CT molecular complexity index is 533. The van der Waals surface area contributed by atoms with E-state index >= 15 is 0 Å². The van der Waals surface area contributed by atoms with Gasteiger partial charge in [-0.2, -0.15) is 0 Å². The molecule has 1 aromatic carbocycles. The molecule has 2 rings (SSSR count). The molecule has 21 heavy (non-hydrogen) atoms. The Morgan fingerprint density at radius 3 is 2.57 bits per heavy atom. The number of hydrogen-bond acceptors (Lipinski definition) is 4. The molecule has 114 valence electrons. The van der Waals surface area contributed by atoms with Gasteiger partial charge in [-0.15, -0.1) is 0 Å². The third kappa shape index (κ3) is 3.82. The van der Waals surface area contributed by atoms with Crippen LogP contribution in [0.4, 0.5) is 0 Å². The van der Waals surface area contributed by atoms with Crippen molar-refractivity contribution in [3.05, 3.63) is 29.3 Å². The van der Waals surface area contributed by atoms with Crippen LogP contribution in [0.5, 0.6) is 5.75 Å². The Balaban J connectivity index is 2.13. The van der Waals surface area contributed by atoms with Crippen molar-refractivity contribution < 1.29 is 19.4 Å². The minimum atomic E-state index is -1.04. The van der Waals surface area contributed by atoms with Crippen molar-refractivity contribution in [1.82, 2.24) is 4.90 Å². The van der Waals surface area contributed by atoms with Crippen molar-refractivity contribution in [3.8, 4) is 5.75 Å². The molecule has 0 saturated carbocycles. The molecule has 0 aromatic heterocycles. The van der Waals surface area contributed by atoms with E-state index in [0.717, 1.165) is 25.9 Å². The minimum absolute atomic E-state index is 0.0931. The third-order valence-electron chi connectivity index (χ3n) is 3.99. The fraction of sp³-hybridized carbons (Fsp3) is 0.500. The molecule has 1 saturated heterocycles. The molecule has 0 atom stereocenters. The van der Waals surface area contributed by atoms with Crippen LogP contribution in [0.15, 0.2) is 18.2 Å². The molecule has 0 unspecified atom stereocenters. The lowest BCUT2D eigenvalue weighted by Gasteiger charge is -2.29. The summed E-state index contributed by atoms with van der Waals surface area (Å²) < 4.78 is 5.18. The highest BCUT2D eigenvalue weighted by atomic mass is 16.5. The molecule has 0 spiro atoms. The van der Waals surface area contributed by atoms with Crippen LogP contribution in [-0.2, 0) is 0 Å². The first-order valence-corrected chi connectivity index (χ1v) is 7.18. The average molecular weight is 291 g/mol. The Hall–Kier alpha value is -1.88. The van der Waals surface area contributed by atoms with Gasteiger partial charge in [-0.1, -0.05) is 6.92 Å². The number of carbonyl (C=O) groups excluding carboxylic acids is 1. The first-order chi connectivity index (χ1) is 10.0. The maximum Gasteiger partial charge on any atom is 0.335 e. The van der Waals surface area contributed by atoms with E-state index in [1.165, 1.54) is 25.3 Å². The monoisotopic (exact) mass is 291 g/mol. The normalized spacial score (nSPS) is 16.7. The standard InChI is InChI=1S/C16H21NO4/c1-11-5-7-17(8-6-11)10-14(18)13-9-12(16(19)20)3-4-15(13)21-2/h3-4,9,11H,5-8,10H2,1-2H3,(H,19,20). The number of rotatable bonds is 5. The molecule has 1 N–H and O–H groups in total. The maximum atomic E-state index is 12.4. The molecular formula is C16H21NO4. The molecule has 1 fully saturated rings. The van der Waals surface area contributed by atoms with Crippen molar-refractivity contribution in [2.75, 3.05) is 26.7 Å². The number of ketones is 1. The molecule has 1 aliphatic heterocycles. The van der Waals surface area contributed by atoms with E-state index in [1.54, 1.807) is 0 Å². The average Bonchev–Trinajstić information content (AvgIpc) is 2.48. The van der Waals surface area contributed by atoms with Crippen molar-refractivity contribution in [3.63, 3.8) is 0 Å². The van der Waals surface area contributed by atoms with Gasteiger partial charge in [0.1, 0.15) is 5.75 Å². The number of nitrogens with zero attached hydrogens (tertiary/aromatic N) is 1. The fourth-order valence-corrected chi connectivity index (χ4v) is 2.57. The number of benzene rings is 1. The predicted octanol–water partition coefficient (Wildman–Crippen LogP) is 2.31. The number of carbonyl (C=O) groups is 2. The van der Waals surface area contributed by atoms with Gasteiger partial charge in [0.25, 0.3) is 0 Å². The summed E-state index contributed by atoms with van der Waals surface area (Å²) in [6.07, 6.45) is 2.19. The van der Waals surface area contributed by atoms with Gasteiger partial charge < -0.3 is 9.84 Å². The van der Waals surface area contributed by atoms with Crippen molar-refractivity contribution in [2.24, 2.45) is 5.92 Å². The molecule has 0 aliphatic carbocycles. The smallest absolute Gasteiger partial charge is 0.335 e. The molecule has 1 aromatic rings. The molecule has 5 nitrogen and oxygen atoms in total. The molecule has 1 heterocycles. The number of ether oxygens (including phenoxy) is 1. The van der Waals surface area contributed by atoms with Crippen LogP contribution < -0.4 is 4.74 Å². The largest absolute Gasteiger partial charge is 0.496 e. The van der Waals surface area contributed by atoms with E-state index in [-0.39, 0.29) is 11.3 Å². The third-order valence-corrected chi connectivity index (χ3v) is 3.99. The Morgan fingerprint density at radius 1 is 1.33 bits per heavy atom. The van der Waals surface area contributed by atoms with Gasteiger partial charge in [0, 0.05) is 0 Å². The number of aromatic carboxylic acids is 1. The zero-order valence-corrected chi connectivity index (χ0v) is 12.5. The molecule has 0 bridgehead atoms. The number of likely N-dealkylation sites (tertiary alicyclic amines) is 1. The van der Waals surface area contributed by atoms with Crippen LogP contribution in [0.2, 0.25) is 0 Å². The van der Waals surface area contributed by atoms with E-state index in [0.29, 0.717) is 23.8 Å². The maximum absolute atomic E-state index is 12.4. The second-order valence-corrected chi connectivity index (χ2v) is 5.60. The molecule has 5 heteroatoms. The van der Waals surface area contributed by atoms with Crippen LogP contribution in [0.3, 0.4) is 0 Å². The SMILES string of the molecule is COc1ccc(C(=O)O)cc1C(=O)CN1CCC(C)CC1. The lowest BCUT2D eigenvalue weighted by molar-refractivity contribution is 0.0697. The summed E-state index contributed by atoms with van der Waals surface area (Å²) in [6, 6.07) is 4.38. The molecule has 0 amide bonds. The zero-order chi connectivity index (χ0) is 15.4. The van der Waals surface area contributed by atoms with Gasteiger partial charge in [0.05, 0.1) is 24.8 Å². The number of Topliss-reactive ketones (excluding diaryl/α,β-unsaturated/α-hetero) is 1. The second-order valence-electron chi connectivity index (χ2n) is 5.60. The zero-order valence-electron chi connectivity index (χ0n) is 12.5. The summed E-state index contributed by atoms with van der Waals surface area (Å²) in [5, 5.41) is 9.04. The summed E-state index contributed by atoms with van der Waals surface area (Å²) in [5.41, 5.74) is 0.447. The summed E-state index contributed by atoms with van der Waals surface area (Å²) in [4.78, 5) is 25.6. The predicted molar refractivity (Wildman–Crippen MR) is 79.1 cm³/mol. The van der Waals surface area contributed by atoms with E-state index < -0.39 is 5.97 Å². The highest BCUT2D eigenvalue weighted by molar-refractivity contribution is 6.02. The molecule has 1 aliphatic rings. The summed E-state index contributed by atoms with van der Waals surface area (Å²) >= 11 is 0. The Labute approximate surface area is 124 Å². The van der Waals surface area contributed by atoms with E-state index in [2.05, 4.69) is 11.8 Å². The van der Waals surface area contributed by atoms with Gasteiger partial charge in [0.15, 0.2) is 5.78 Å². The van der Waals surface area contributed by atoms with Gasteiger partial charge in [-0.3, -0.25) is 9.69 Å². The fourth-order valence-electron chi connectivity index (χ4n) is 2.57. The van der Waals surface area contributed by atoms with Crippen molar-refractivity contribution >= 4 is 11.8 Å². The van der Waals surface area contributed by atoms with Crippen molar-refractivity contribution in [2.45, 2.75) is 19.8 Å². The van der Waals surface area contributed by atoms with Gasteiger partial charge in [-0.25, -0.2) is 4.79 Å². The number of piperidine rings is 1. The first kappa shape index (κ1) is 15.5. The summed E-state index contributed by atoms with van der Waals surface area (Å²) in [6.45, 7) is 4.35. The first-order valence-electron chi connectivity index (χ1n) is 7.18. The van der Waals surface area contributed by atoms with E-state index in [4.69, 9.17) is 9.84 Å². The quantitative estimate of drug-likeness (QED) is 0.843. The second kappa shape index (κ2) is 6.72. The number of methoxy groups -OCH3 is 1. The number of carboxylic acids is 1. The van der Waals surface area contributed by atoms with Crippen LogP contribution >= 0.6 is 0 Å². The number of hydrogen-bond donors (Lipinski definition) is 1. The highest BCUT2D eigenvalue weighted by Gasteiger charge is 2.21. The molecule has 0 radical (unpaired) electrons. The van der Waals surface area contributed by atoms with Crippen LogP contribution in [-0.4, -0.2) is 48.5 Å². The van der Waals surface area contributed by atoms with Crippen LogP contribution in [0.1, 0.15) is 40.5 Å². The van der Waals surface area contributed by atoms with Gasteiger partial charge in [0.2, 0.25) is 0 Å². The topological polar surface area (TPSA) is 66.8 Å². The van der Waals surface area contributed by atoms with Gasteiger partial charge >= 0.3 is 5.97 Å². The van der Waals surface area contributed by atoms with Crippen molar-refractivity contribution in [1.29, 1.82) is 0 Å². The lowest BCUT2D eigenvalue weighted by Crippen LogP contribution is -2.36. The minimum Gasteiger partial charge on any atom is -0.496 e. The summed E-state index contributed by atoms with van der Waals surface area (Å²) in [7, 11) is 1.48.